The zero-order chi connectivity index (χ0) is 10.2. The first-order chi connectivity index (χ1) is 6.24. The van der Waals surface area contributed by atoms with Crippen molar-refractivity contribution in [2.45, 2.75) is 57.9 Å². The van der Waals surface area contributed by atoms with Crippen LogP contribution in [0.4, 0.5) is 0 Å². The average molecular weight is 182 g/mol. The SMILES string of the molecule is CCCCC(C#N)(CCCC)NC. The van der Waals surface area contributed by atoms with E-state index in [1.807, 2.05) is 7.05 Å². The number of nitrogens with one attached hydrogen (secondary N) is 1. The van der Waals surface area contributed by atoms with Crippen molar-refractivity contribution in [2.75, 3.05) is 7.05 Å². The first-order valence-corrected chi connectivity index (χ1v) is 5.34. The van der Waals surface area contributed by atoms with Crippen LogP contribution in [0, 0.1) is 11.3 Å². The lowest BCUT2D eigenvalue weighted by Gasteiger charge is -2.25. The first-order valence-electron chi connectivity index (χ1n) is 5.34. The van der Waals surface area contributed by atoms with Gasteiger partial charge in [-0.05, 0) is 19.9 Å². The van der Waals surface area contributed by atoms with Crippen molar-refractivity contribution in [3.8, 4) is 6.07 Å². The third-order valence-corrected chi connectivity index (χ3v) is 2.61. The summed E-state index contributed by atoms with van der Waals surface area (Å²) in [6.45, 7) is 4.33. The normalized spacial score (nSPS) is 11.2. The molecule has 0 spiro atoms. The van der Waals surface area contributed by atoms with Gasteiger partial charge in [-0.3, -0.25) is 0 Å². The van der Waals surface area contributed by atoms with E-state index >= 15 is 0 Å². The monoisotopic (exact) mass is 182 g/mol. The fraction of sp³-hybridized carbons (Fsp3) is 0.909. The Kier molecular flexibility index (Phi) is 6.62. The number of nitriles is 1. The number of unbranched alkanes of at least 4 members (excludes halogenated alkanes) is 2. The van der Waals surface area contributed by atoms with Gasteiger partial charge in [0, 0.05) is 0 Å². The minimum Gasteiger partial charge on any atom is -0.302 e. The van der Waals surface area contributed by atoms with Crippen LogP contribution in [0.15, 0.2) is 0 Å². The Morgan fingerprint density at radius 2 is 1.62 bits per heavy atom. The molecule has 0 saturated carbocycles. The molecule has 0 bridgehead atoms. The molecule has 0 atom stereocenters. The van der Waals surface area contributed by atoms with Crippen molar-refractivity contribution >= 4 is 0 Å². The van der Waals surface area contributed by atoms with Gasteiger partial charge >= 0.3 is 0 Å². The second kappa shape index (κ2) is 6.91. The lowest BCUT2D eigenvalue weighted by Crippen LogP contribution is -2.41. The molecule has 2 heteroatoms. The molecule has 13 heavy (non-hydrogen) atoms. The van der Waals surface area contributed by atoms with Gasteiger partial charge in [0.05, 0.1) is 6.07 Å². The smallest absolute Gasteiger partial charge is 0.106 e. The zero-order valence-electron chi connectivity index (χ0n) is 9.19. The van der Waals surface area contributed by atoms with Gasteiger partial charge in [0.1, 0.15) is 5.54 Å². The standard InChI is InChI=1S/C11H22N2/c1-4-6-8-11(10-12,13-3)9-7-5-2/h13H,4-9H2,1-3H3. The summed E-state index contributed by atoms with van der Waals surface area (Å²) in [7, 11) is 1.90. The minimum atomic E-state index is -0.258. The Morgan fingerprint density at radius 1 is 1.15 bits per heavy atom. The van der Waals surface area contributed by atoms with Crippen LogP contribution in [0.25, 0.3) is 0 Å². The first kappa shape index (κ1) is 12.4. The van der Waals surface area contributed by atoms with Gasteiger partial charge in [0.15, 0.2) is 0 Å². The Morgan fingerprint density at radius 3 is 1.85 bits per heavy atom. The van der Waals surface area contributed by atoms with E-state index in [0.29, 0.717) is 0 Å². The van der Waals surface area contributed by atoms with Crippen molar-refractivity contribution < 1.29 is 0 Å². The van der Waals surface area contributed by atoms with Crippen molar-refractivity contribution in [3.05, 3.63) is 0 Å². The van der Waals surface area contributed by atoms with Crippen molar-refractivity contribution in [2.24, 2.45) is 0 Å². The molecule has 0 radical (unpaired) electrons. The summed E-state index contributed by atoms with van der Waals surface area (Å²) in [5, 5.41) is 12.3. The summed E-state index contributed by atoms with van der Waals surface area (Å²) in [6.07, 6.45) is 6.57. The molecule has 0 unspecified atom stereocenters. The fourth-order valence-corrected chi connectivity index (χ4v) is 1.50. The maximum absolute atomic E-state index is 9.12. The highest BCUT2D eigenvalue weighted by molar-refractivity contribution is 5.05. The van der Waals surface area contributed by atoms with Gasteiger partial charge in [-0.25, -0.2) is 0 Å². The van der Waals surface area contributed by atoms with Crippen LogP contribution in [0.5, 0.6) is 0 Å². The molecule has 0 aromatic carbocycles. The number of rotatable bonds is 7. The van der Waals surface area contributed by atoms with E-state index in [0.717, 1.165) is 38.5 Å². The van der Waals surface area contributed by atoms with Gasteiger partial charge in [-0.2, -0.15) is 5.26 Å². The van der Waals surface area contributed by atoms with Crippen LogP contribution >= 0.6 is 0 Å². The number of hydrogen-bond donors (Lipinski definition) is 1. The molecule has 0 amide bonds. The van der Waals surface area contributed by atoms with Crippen LogP contribution in [0.3, 0.4) is 0 Å². The van der Waals surface area contributed by atoms with Crippen molar-refractivity contribution in [3.63, 3.8) is 0 Å². The summed E-state index contributed by atoms with van der Waals surface area (Å²) in [5.74, 6) is 0. The highest BCUT2D eigenvalue weighted by Crippen LogP contribution is 2.20. The van der Waals surface area contributed by atoms with Gasteiger partial charge < -0.3 is 5.32 Å². The zero-order valence-corrected chi connectivity index (χ0v) is 9.19. The predicted octanol–water partition coefficient (Wildman–Crippen LogP) is 2.85. The predicted molar refractivity (Wildman–Crippen MR) is 56.5 cm³/mol. The molecular weight excluding hydrogens is 160 g/mol. The molecule has 0 aromatic rings. The van der Waals surface area contributed by atoms with E-state index in [4.69, 9.17) is 5.26 Å². The van der Waals surface area contributed by atoms with Crippen LogP contribution in [-0.2, 0) is 0 Å². The molecule has 76 valence electrons. The largest absolute Gasteiger partial charge is 0.302 e. The van der Waals surface area contributed by atoms with Crippen LogP contribution in [0.1, 0.15) is 52.4 Å². The second-order valence-electron chi connectivity index (χ2n) is 3.65. The minimum absolute atomic E-state index is 0.258. The third-order valence-electron chi connectivity index (χ3n) is 2.61. The van der Waals surface area contributed by atoms with Gasteiger partial charge in [-0.1, -0.05) is 39.5 Å². The molecule has 0 heterocycles. The van der Waals surface area contributed by atoms with E-state index in [-0.39, 0.29) is 5.54 Å². The molecule has 0 rings (SSSR count). The van der Waals surface area contributed by atoms with E-state index < -0.39 is 0 Å². The number of hydrogen-bond acceptors (Lipinski definition) is 2. The quantitative estimate of drug-likeness (QED) is 0.657. The average Bonchev–Trinajstić information content (AvgIpc) is 2.20. The maximum atomic E-state index is 9.12. The Labute approximate surface area is 82.3 Å². The van der Waals surface area contributed by atoms with Crippen LogP contribution in [-0.4, -0.2) is 12.6 Å². The molecule has 0 aliphatic heterocycles. The van der Waals surface area contributed by atoms with Gasteiger partial charge in [-0.15, -0.1) is 0 Å². The highest BCUT2D eigenvalue weighted by Gasteiger charge is 2.25. The molecule has 0 fully saturated rings. The Balaban J connectivity index is 4.07. The molecule has 1 N–H and O–H groups in total. The van der Waals surface area contributed by atoms with Crippen LogP contribution in [0.2, 0.25) is 0 Å². The van der Waals surface area contributed by atoms with E-state index in [1.165, 1.54) is 0 Å². The second-order valence-corrected chi connectivity index (χ2v) is 3.65. The van der Waals surface area contributed by atoms with E-state index in [1.54, 1.807) is 0 Å². The lowest BCUT2D eigenvalue weighted by molar-refractivity contribution is 0.365. The van der Waals surface area contributed by atoms with Crippen molar-refractivity contribution in [1.29, 1.82) is 5.26 Å². The third kappa shape index (κ3) is 4.28. The summed E-state index contributed by atoms with van der Waals surface area (Å²) >= 11 is 0. The summed E-state index contributed by atoms with van der Waals surface area (Å²) in [5.41, 5.74) is -0.258. The molecule has 0 aliphatic carbocycles. The van der Waals surface area contributed by atoms with Crippen molar-refractivity contribution in [1.82, 2.24) is 5.32 Å². The highest BCUT2D eigenvalue weighted by atomic mass is 14.9. The fourth-order valence-electron chi connectivity index (χ4n) is 1.50. The molecule has 0 aliphatic rings. The molecule has 2 nitrogen and oxygen atoms in total. The number of nitrogens with zero attached hydrogens (tertiary/aromatic N) is 1. The summed E-state index contributed by atoms with van der Waals surface area (Å²) in [6, 6.07) is 2.42. The van der Waals surface area contributed by atoms with E-state index in [9.17, 15) is 0 Å². The lowest BCUT2D eigenvalue weighted by atomic mass is 9.89. The summed E-state index contributed by atoms with van der Waals surface area (Å²) < 4.78 is 0. The molecule has 0 aromatic heterocycles. The molecular formula is C11H22N2. The van der Waals surface area contributed by atoms with Gasteiger partial charge in [0.25, 0.3) is 0 Å². The molecule has 0 saturated heterocycles. The maximum Gasteiger partial charge on any atom is 0.106 e. The Hall–Kier alpha value is -0.550. The van der Waals surface area contributed by atoms with Gasteiger partial charge in [0.2, 0.25) is 0 Å². The van der Waals surface area contributed by atoms with Crippen LogP contribution < -0.4 is 5.32 Å². The summed E-state index contributed by atoms with van der Waals surface area (Å²) in [4.78, 5) is 0. The topological polar surface area (TPSA) is 35.8 Å². The van der Waals surface area contributed by atoms with E-state index in [2.05, 4.69) is 25.2 Å². The Bertz CT molecular complexity index is 150.